The lowest BCUT2D eigenvalue weighted by Gasteiger charge is -2.22. The fraction of sp³-hybridized carbons (Fsp3) is 0.214. The van der Waals surface area contributed by atoms with Crippen molar-refractivity contribution in [1.82, 2.24) is 15.2 Å². The summed E-state index contributed by atoms with van der Waals surface area (Å²) in [7, 11) is 0. The van der Waals surface area contributed by atoms with Gasteiger partial charge in [0.2, 0.25) is 5.89 Å². The molecule has 0 saturated carbocycles. The smallest absolute Gasteiger partial charge is 0.273 e. The van der Waals surface area contributed by atoms with Gasteiger partial charge in [0.1, 0.15) is 12.1 Å². The molecule has 4 aromatic rings. The van der Waals surface area contributed by atoms with Gasteiger partial charge in [-0.25, -0.2) is 9.37 Å². The van der Waals surface area contributed by atoms with Crippen LogP contribution in [0.25, 0.3) is 0 Å². The molecule has 3 aromatic carbocycles. The summed E-state index contributed by atoms with van der Waals surface area (Å²) in [6.45, 7) is 6.25. The van der Waals surface area contributed by atoms with Crippen LogP contribution in [0.3, 0.4) is 0 Å². The van der Waals surface area contributed by atoms with Crippen molar-refractivity contribution in [1.29, 1.82) is 0 Å². The summed E-state index contributed by atoms with van der Waals surface area (Å²) >= 11 is 0. The molecule has 0 radical (unpaired) electrons. The van der Waals surface area contributed by atoms with E-state index in [0.29, 0.717) is 32.1 Å². The summed E-state index contributed by atoms with van der Waals surface area (Å²) in [5.41, 5.74) is 5.84. The minimum absolute atomic E-state index is 0.249. The van der Waals surface area contributed by atoms with E-state index < -0.39 is 0 Å². The van der Waals surface area contributed by atoms with Crippen LogP contribution < -0.4 is 5.32 Å². The number of oxazole rings is 1. The first-order valence-electron chi connectivity index (χ1n) is 11.3. The second-order valence-electron chi connectivity index (χ2n) is 8.50. The minimum Gasteiger partial charge on any atom is -0.447 e. The number of aromatic nitrogens is 1. The molecule has 1 aromatic heterocycles. The fourth-order valence-electron chi connectivity index (χ4n) is 3.78. The standard InChI is InChI=1S/C28H28FN3O2/c1-20-8-9-21(2)24(14-20)17-32(16-23-10-12-25(29)13-11-23)18-27-31-26(19-34-27)28(33)30-15-22-6-4-3-5-7-22/h3-14,19H,15-18H2,1-2H3,(H,30,33). The van der Waals surface area contributed by atoms with Crippen molar-refractivity contribution in [2.75, 3.05) is 0 Å². The number of rotatable bonds is 9. The quantitative estimate of drug-likeness (QED) is 0.357. The fourth-order valence-corrected chi connectivity index (χ4v) is 3.78. The number of nitrogens with one attached hydrogen (secondary N) is 1. The number of halogens is 1. The van der Waals surface area contributed by atoms with Crippen LogP contribution >= 0.6 is 0 Å². The zero-order chi connectivity index (χ0) is 23.9. The van der Waals surface area contributed by atoms with Gasteiger partial charge in [0.15, 0.2) is 5.69 Å². The molecule has 0 aliphatic carbocycles. The van der Waals surface area contributed by atoms with E-state index in [0.717, 1.165) is 11.1 Å². The zero-order valence-electron chi connectivity index (χ0n) is 19.4. The Morgan fingerprint density at radius 2 is 1.71 bits per heavy atom. The Labute approximate surface area is 199 Å². The summed E-state index contributed by atoms with van der Waals surface area (Å²) in [6.07, 6.45) is 1.39. The molecule has 6 heteroatoms. The SMILES string of the molecule is Cc1ccc(C)c(CN(Cc2ccc(F)cc2)Cc2nc(C(=O)NCc3ccccc3)co2)c1. The van der Waals surface area contributed by atoms with Crippen LogP contribution in [-0.4, -0.2) is 15.8 Å². The van der Waals surface area contributed by atoms with Gasteiger partial charge in [0, 0.05) is 19.6 Å². The lowest BCUT2D eigenvalue weighted by atomic mass is 10.0. The monoisotopic (exact) mass is 457 g/mol. The van der Waals surface area contributed by atoms with Crippen LogP contribution in [0.1, 0.15) is 44.2 Å². The summed E-state index contributed by atoms with van der Waals surface area (Å²) in [6, 6.07) is 22.6. The van der Waals surface area contributed by atoms with Crippen molar-refractivity contribution in [3.63, 3.8) is 0 Å². The van der Waals surface area contributed by atoms with Crippen molar-refractivity contribution < 1.29 is 13.6 Å². The van der Waals surface area contributed by atoms with Gasteiger partial charge in [0.25, 0.3) is 5.91 Å². The summed E-state index contributed by atoms with van der Waals surface area (Å²) in [5, 5.41) is 2.87. The highest BCUT2D eigenvalue weighted by Gasteiger charge is 2.16. The molecule has 1 amide bonds. The molecule has 4 rings (SSSR count). The summed E-state index contributed by atoms with van der Waals surface area (Å²) in [4.78, 5) is 19.1. The third-order valence-corrected chi connectivity index (χ3v) is 5.66. The highest BCUT2D eigenvalue weighted by molar-refractivity contribution is 5.91. The van der Waals surface area contributed by atoms with E-state index in [2.05, 4.69) is 47.2 Å². The van der Waals surface area contributed by atoms with Gasteiger partial charge in [0.05, 0.1) is 6.54 Å². The first-order valence-corrected chi connectivity index (χ1v) is 11.3. The molecule has 0 unspecified atom stereocenters. The second kappa shape index (κ2) is 10.9. The third kappa shape index (κ3) is 6.39. The summed E-state index contributed by atoms with van der Waals surface area (Å²) < 4.78 is 19.0. The zero-order valence-corrected chi connectivity index (χ0v) is 19.4. The number of hydrogen-bond donors (Lipinski definition) is 1. The number of hydrogen-bond acceptors (Lipinski definition) is 4. The first kappa shape index (κ1) is 23.4. The van der Waals surface area contributed by atoms with E-state index in [-0.39, 0.29) is 17.4 Å². The maximum absolute atomic E-state index is 13.4. The molecule has 0 saturated heterocycles. The van der Waals surface area contributed by atoms with Crippen LogP contribution in [0.15, 0.2) is 83.5 Å². The Hall–Kier alpha value is -3.77. The molecule has 34 heavy (non-hydrogen) atoms. The minimum atomic E-state index is -0.279. The predicted molar refractivity (Wildman–Crippen MR) is 129 cm³/mol. The van der Waals surface area contributed by atoms with Crippen LogP contribution in [0.2, 0.25) is 0 Å². The Morgan fingerprint density at radius 3 is 2.47 bits per heavy atom. The molecule has 1 N–H and O–H groups in total. The summed E-state index contributed by atoms with van der Waals surface area (Å²) in [5.74, 6) is -0.0839. The maximum Gasteiger partial charge on any atom is 0.273 e. The largest absolute Gasteiger partial charge is 0.447 e. The molecule has 0 aliphatic heterocycles. The van der Waals surface area contributed by atoms with Crippen LogP contribution in [0.4, 0.5) is 4.39 Å². The van der Waals surface area contributed by atoms with Gasteiger partial charge in [-0.1, -0.05) is 66.2 Å². The number of carbonyl (C=O) groups excluding carboxylic acids is 1. The van der Waals surface area contributed by atoms with E-state index >= 15 is 0 Å². The maximum atomic E-state index is 13.4. The molecule has 0 spiro atoms. The lowest BCUT2D eigenvalue weighted by Crippen LogP contribution is -2.24. The van der Waals surface area contributed by atoms with Gasteiger partial charge in [-0.05, 0) is 48.2 Å². The molecule has 0 fully saturated rings. The van der Waals surface area contributed by atoms with Crippen molar-refractivity contribution in [2.24, 2.45) is 0 Å². The molecular weight excluding hydrogens is 429 g/mol. The van der Waals surface area contributed by atoms with E-state index in [1.54, 1.807) is 12.1 Å². The Bertz CT molecular complexity index is 1240. The average Bonchev–Trinajstić information content (AvgIpc) is 3.30. The highest BCUT2D eigenvalue weighted by Crippen LogP contribution is 2.18. The Kier molecular flexibility index (Phi) is 7.50. The topological polar surface area (TPSA) is 58.4 Å². The normalized spacial score (nSPS) is 11.1. The highest BCUT2D eigenvalue weighted by atomic mass is 19.1. The Morgan fingerprint density at radius 1 is 0.941 bits per heavy atom. The van der Waals surface area contributed by atoms with Crippen molar-refractivity contribution in [2.45, 2.75) is 40.0 Å². The number of amides is 1. The second-order valence-corrected chi connectivity index (χ2v) is 8.50. The van der Waals surface area contributed by atoms with Crippen molar-refractivity contribution in [3.05, 3.63) is 124 Å². The van der Waals surface area contributed by atoms with Gasteiger partial charge < -0.3 is 9.73 Å². The van der Waals surface area contributed by atoms with Gasteiger partial charge in [-0.3, -0.25) is 9.69 Å². The number of aryl methyl sites for hydroxylation is 2. The van der Waals surface area contributed by atoms with Crippen LogP contribution in [0, 0.1) is 19.7 Å². The van der Waals surface area contributed by atoms with E-state index in [1.165, 1.54) is 35.1 Å². The van der Waals surface area contributed by atoms with E-state index in [9.17, 15) is 9.18 Å². The molecule has 5 nitrogen and oxygen atoms in total. The van der Waals surface area contributed by atoms with Gasteiger partial charge in [-0.2, -0.15) is 0 Å². The van der Waals surface area contributed by atoms with E-state index in [4.69, 9.17) is 4.42 Å². The number of nitrogens with zero attached hydrogens (tertiary/aromatic N) is 2. The number of benzene rings is 3. The van der Waals surface area contributed by atoms with Crippen molar-refractivity contribution in [3.8, 4) is 0 Å². The molecule has 0 atom stereocenters. The molecular formula is C28H28FN3O2. The van der Waals surface area contributed by atoms with Crippen LogP contribution in [-0.2, 0) is 26.2 Å². The molecule has 1 heterocycles. The average molecular weight is 458 g/mol. The molecule has 0 aliphatic rings. The van der Waals surface area contributed by atoms with Crippen molar-refractivity contribution >= 4 is 5.91 Å². The number of carbonyl (C=O) groups is 1. The molecule has 0 bridgehead atoms. The van der Waals surface area contributed by atoms with Crippen LogP contribution in [0.5, 0.6) is 0 Å². The molecule has 174 valence electrons. The first-order chi connectivity index (χ1) is 16.5. The third-order valence-electron chi connectivity index (χ3n) is 5.66. The van der Waals surface area contributed by atoms with Gasteiger partial charge in [-0.15, -0.1) is 0 Å². The van der Waals surface area contributed by atoms with Gasteiger partial charge >= 0.3 is 0 Å². The van der Waals surface area contributed by atoms with E-state index in [1.807, 2.05) is 30.3 Å². The Balaban J connectivity index is 1.47. The lowest BCUT2D eigenvalue weighted by molar-refractivity contribution is 0.0945. The predicted octanol–water partition coefficient (Wildman–Crippen LogP) is 5.56.